The fraction of sp³-hybridized carbons (Fsp3) is 0.706. The second kappa shape index (κ2) is 13.3. The highest BCUT2D eigenvalue weighted by atomic mass is 16.2. The summed E-state index contributed by atoms with van der Waals surface area (Å²) < 4.78 is 0. The van der Waals surface area contributed by atoms with E-state index in [-0.39, 0.29) is 32.3 Å². The molecule has 0 aliphatic carbocycles. The Morgan fingerprint density at radius 2 is 1.52 bits per heavy atom. The van der Waals surface area contributed by atoms with Crippen molar-refractivity contribution in [1.29, 1.82) is 15.8 Å². The molecular formula is C17H25N9O. The van der Waals surface area contributed by atoms with Crippen molar-refractivity contribution in [3.63, 3.8) is 0 Å². The normalized spacial score (nSPS) is 13.3. The van der Waals surface area contributed by atoms with Crippen LogP contribution < -0.4 is 5.32 Å². The van der Waals surface area contributed by atoms with E-state index in [4.69, 9.17) is 22.4 Å². The monoisotopic (exact) mass is 371 g/mol. The lowest BCUT2D eigenvalue weighted by Crippen LogP contribution is -2.44. The molecule has 1 N–H and O–H groups in total. The van der Waals surface area contributed by atoms with Gasteiger partial charge in [-0.1, -0.05) is 0 Å². The Morgan fingerprint density at radius 3 is 2.04 bits per heavy atom. The zero-order valence-electron chi connectivity index (χ0n) is 15.5. The Bertz CT molecular complexity index is 552. The Morgan fingerprint density at radius 1 is 0.963 bits per heavy atom. The quantitative estimate of drug-likeness (QED) is 0.338. The van der Waals surface area contributed by atoms with Crippen LogP contribution in [0.5, 0.6) is 0 Å². The molecule has 1 rings (SSSR count). The van der Waals surface area contributed by atoms with Crippen LogP contribution in [0.2, 0.25) is 0 Å². The molecule has 1 fully saturated rings. The Balaban J connectivity index is 2.59. The predicted molar refractivity (Wildman–Crippen MR) is 97.7 cm³/mol. The molecule has 1 saturated heterocycles. The highest BCUT2D eigenvalue weighted by Crippen LogP contribution is 2.00. The third kappa shape index (κ3) is 8.85. The number of nitriles is 3. The van der Waals surface area contributed by atoms with Crippen LogP contribution in [0.15, 0.2) is 0 Å². The second-order valence-corrected chi connectivity index (χ2v) is 6.10. The van der Waals surface area contributed by atoms with E-state index in [0.717, 1.165) is 0 Å². The minimum atomic E-state index is -0.0651. The van der Waals surface area contributed by atoms with E-state index in [1.807, 2.05) is 0 Å². The van der Waals surface area contributed by atoms with Crippen LogP contribution in [0.1, 0.15) is 0 Å². The first-order valence-electron chi connectivity index (χ1n) is 8.78. The number of hydrogen-bond acceptors (Lipinski definition) is 7. The lowest BCUT2D eigenvalue weighted by Gasteiger charge is -2.28. The molecule has 1 aliphatic heterocycles. The Labute approximate surface area is 160 Å². The summed E-state index contributed by atoms with van der Waals surface area (Å²) in [6.45, 7) is 12.7. The van der Waals surface area contributed by atoms with Gasteiger partial charge in [-0.2, -0.15) is 15.8 Å². The van der Waals surface area contributed by atoms with Gasteiger partial charge in [0.2, 0.25) is 0 Å². The first-order valence-corrected chi connectivity index (χ1v) is 8.78. The number of urea groups is 1. The van der Waals surface area contributed by atoms with Crippen molar-refractivity contribution in [2.45, 2.75) is 0 Å². The number of amides is 2. The van der Waals surface area contributed by atoms with E-state index in [1.165, 1.54) is 0 Å². The minimum absolute atomic E-state index is 0.0651. The van der Waals surface area contributed by atoms with Gasteiger partial charge in [0, 0.05) is 52.4 Å². The van der Waals surface area contributed by atoms with Crippen molar-refractivity contribution in [1.82, 2.24) is 24.9 Å². The zero-order valence-corrected chi connectivity index (χ0v) is 15.5. The lowest BCUT2D eigenvalue weighted by molar-refractivity contribution is 0.176. The van der Waals surface area contributed by atoms with Gasteiger partial charge in [-0.05, 0) is 0 Å². The molecule has 2 amide bonds. The third-order valence-corrected chi connectivity index (χ3v) is 4.25. The number of rotatable bonds is 13. The average Bonchev–Trinajstić information content (AvgIpc) is 3.06. The fourth-order valence-corrected chi connectivity index (χ4v) is 2.70. The van der Waals surface area contributed by atoms with Gasteiger partial charge < -0.3 is 10.2 Å². The Kier molecular flexibility index (Phi) is 10.9. The van der Waals surface area contributed by atoms with Gasteiger partial charge >= 0.3 is 6.03 Å². The molecule has 0 spiro atoms. The van der Waals surface area contributed by atoms with Crippen LogP contribution >= 0.6 is 0 Å². The fourth-order valence-electron chi connectivity index (χ4n) is 2.70. The first-order chi connectivity index (χ1) is 13.1. The molecule has 144 valence electrons. The van der Waals surface area contributed by atoms with E-state index < -0.39 is 0 Å². The molecule has 0 atom stereocenters. The van der Waals surface area contributed by atoms with Crippen molar-refractivity contribution in [3.05, 3.63) is 11.4 Å². The summed E-state index contributed by atoms with van der Waals surface area (Å²) in [6.07, 6.45) is 0. The Hall–Kier alpha value is -2.89. The first kappa shape index (κ1) is 22.2. The zero-order chi connectivity index (χ0) is 19.9. The molecule has 0 aromatic carbocycles. The van der Waals surface area contributed by atoms with E-state index in [9.17, 15) is 4.79 Å². The predicted octanol–water partition coefficient (Wildman–Crippen LogP) is -0.635. The van der Waals surface area contributed by atoms with E-state index >= 15 is 0 Å². The second-order valence-electron chi connectivity index (χ2n) is 6.10. The molecule has 1 aliphatic rings. The minimum Gasteiger partial charge on any atom is -0.336 e. The maximum atomic E-state index is 11.7. The van der Waals surface area contributed by atoms with Gasteiger partial charge in [-0.3, -0.25) is 14.6 Å². The maximum Gasteiger partial charge on any atom is 0.317 e. The summed E-state index contributed by atoms with van der Waals surface area (Å²) in [5.41, 5.74) is 0. The number of hydrogen-bond donors (Lipinski definition) is 1. The highest BCUT2D eigenvalue weighted by Gasteiger charge is 2.20. The standard InChI is InChI=1S/C17H25N9O/c1-21-16-25(8-4-20)13-12-24(11-10-23(6-2-18)7-3-19)14-15-26-9-5-22-17(26)27/h5-16H2,(H,22,27). The highest BCUT2D eigenvalue weighted by molar-refractivity contribution is 5.76. The number of carbonyl (C=O) groups excluding carboxylic acids is 1. The summed E-state index contributed by atoms with van der Waals surface area (Å²) >= 11 is 0. The van der Waals surface area contributed by atoms with Crippen molar-refractivity contribution in [2.24, 2.45) is 0 Å². The molecule has 0 radical (unpaired) electrons. The molecule has 10 nitrogen and oxygen atoms in total. The summed E-state index contributed by atoms with van der Waals surface area (Å²) in [6, 6.07) is 6.12. The average molecular weight is 371 g/mol. The lowest BCUT2D eigenvalue weighted by atomic mass is 10.3. The van der Waals surface area contributed by atoms with Crippen molar-refractivity contribution < 1.29 is 4.79 Å². The largest absolute Gasteiger partial charge is 0.336 e. The summed E-state index contributed by atoms with van der Waals surface area (Å²) in [5.74, 6) is 0. The smallest absolute Gasteiger partial charge is 0.317 e. The van der Waals surface area contributed by atoms with Crippen LogP contribution in [0.3, 0.4) is 0 Å². The third-order valence-electron chi connectivity index (χ3n) is 4.25. The van der Waals surface area contributed by atoms with Crippen molar-refractivity contribution in [3.8, 4) is 18.2 Å². The van der Waals surface area contributed by atoms with Gasteiger partial charge in [-0.15, -0.1) is 0 Å². The topological polar surface area (TPSA) is 118 Å². The van der Waals surface area contributed by atoms with Gasteiger partial charge in [0.05, 0.1) is 37.8 Å². The van der Waals surface area contributed by atoms with Crippen LogP contribution in [-0.2, 0) is 0 Å². The summed E-state index contributed by atoms with van der Waals surface area (Å²) in [5, 5.41) is 29.4. The van der Waals surface area contributed by atoms with Crippen molar-refractivity contribution >= 4 is 6.03 Å². The molecule has 0 bridgehead atoms. The maximum absolute atomic E-state index is 11.7. The van der Waals surface area contributed by atoms with E-state index in [0.29, 0.717) is 52.4 Å². The molecule has 0 aromatic heterocycles. The van der Waals surface area contributed by atoms with E-state index in [1.54, 1.807) is 14.7 Å². The van der Waals surface area contributed by atoms with Crippen LogP contribution in [-0.4, -0.2) is 104 Å². The SMILES string of the molecule is [C-]#[N+]CN(CC#N)CCN(CCN(CC#N)CC#N)CCN1CCNC1=O. The molecule has 10 heteroatoms. The summed E-state index contributed by atoms with van der Waals surface area (Å²) in [7, 11) is 0. The molecule has 0 aromatic rings. The number of carbonyl (C=O) groups is 1. The molecule has 27 heavy (non-hydrogen) atoms. The van der Waals surface area contributed by atoms with Crippen LogP contribution in [0.4, 0.5) is 4.79 Å². The van der Waals surface area contributed by atoms with E-state index in [2.05, 4.69) is 33.3 Å². The van der Waals surface area contributed by atoms with Gasteiger partial charge in [0.1, 0.15) is 0 Å². The molecule has 1 heterocycles. The van der Waals surface area contributed by atoms with Gasteiger partial charge in [0.25, 0.3) is 6.67 Å². The molecule has 0 unspecified atom stereocenters. The van der Waals surface area contributed by atoms with Crippen molar-refractivity contribution in [2.75, 3.05) is 78.7 Å². The summed E-state index contributed by atoms with van der Waals surface area (Å²) in [4.78, 5) is 22.5. The molecule has 0 saturated carbocycles. The van der Waals surface area contributed by atoms with Gasteiger partial charge in [-0.25, -0.2) is 16.3 Å². The van der Waals surface area contributed by atoms with Crippen LogP contribution in [0.25, 0.3) is 4.85 Å². The number of nitrogens with zero attached hydrogens (tertiary/aromatic N) is 8. The van der Waals surface area contributed by atoms with Gasteiger partial charge in [0.15, 0.2) is 0 Å². The van der Waals surface area contributed by atoms with Crippen LogP contribution in [0, 0.1) is 40.6 Å². The molecular weight excluding hydrogens is 346 g/mol. The number of nitrogens with one attached hydrogen (secondary N) is 1.